The Kier molecular flexibility index (Phi) is 5.66. The lowest BCUT2D eigenvalue weighted by Gasteiger charge is -2.38. The third-order valence-electron chi connectivity index (χ3n) is 7.64. The zero-order chi connectivity index (χ0) is 24.9. The maximum atomic E-state index is 13.3. The van der Waals surface area contributed by atoms with Gasteiger partial charge in [-0.2, -0.15) is 0 Å². The SMILES string of the molecule is O=C(CC1c2ccccc2-c2ccccc21)N1CCC(O)(Cn2cnc3cc(Cl)ccc3c2=O)CC1. The number of hydrogen-bond acceptors (Lipinski definition) is 4. The van der Waals surface area contributed by atoms with E-state index < -0.39 is 5.60 Å². The third-order valence-corrected chi connectivity index (χ3v) is 7.88. The molecule has 2 heterocycles. The fraction of sp³-hybridized carbons (Fsp3) is 0.276. The molecule has 1 fully saturated rings. The summed E-state index contributed by atoms with van der Waals surface area (Å²) in [5.41, 5.74) is 4.06. The topological polar surface area (TPSA) is 75.4 Å². The van der Waals surface area contributed by atoms with Gasteiger partial charge in [-0.3, -0.25) is 14.2 Å². The monoisotopic (exact) mass is 499 g/mol. The summed E-state index contributed by atoms with van der Waals surface area (Å²) in [4.78, 5) is 32.5. The molecule has 182 valence electrons. The number of amides is 1. The molecule has 1 aliphatic heterocycles. The second-order valence-corrected chi connectivity index (χ2v) is 10.3. The normalized spacial score (nSPS) is 16.7. The Bertz CT molecular complexity index is 1490. The Morgan fingerprint density at radius 3 is 2.31 bits per heavy atom. The molecule has 7 heteroatoms. The van der Waals surface area contributed by atoms with Crippen molar-refractivity contribution in [3.05, 3.63) is 99.6 Å². The van der Waals surface area contributed by atoms with Crippen molar-refractivity contribution < 1.29 is 9.90 Å². The fourth-order valence-electron chi connectivity index (χ4n) is 5.68. The first-order chi connectivity index (χ1) is 17.4. The van der Waals surface area contributed by atoms with Gasteiger partial charge in [-0.15, -0.1) is 0 Å². The van der Waals surface area contributed by atoms with E-state index in [0.29, 0.717) is 48.3 Å². The highest BCUT2D eigenvalue weighted by atomic mass is 35.5. The van der Waals surface area contributed by atoms with E-state index in [1.54, 1.807) is 18.2 Å². The number of fused-ring (bicyclic) bond motifs is 4. The van der Waals surface area contributed by atoms with Crippen LogP contribution in [0, 0.1) is 0 Å². The molecule has 0 bridgehead atoms. The lowest BCUT2D eigenvalue weighted by atomic mass is 9.89. The molecule has 0 unspecified atom stereocenters. The first kappa shape index (κ1) is 23.0. The molecule has 3 aromatic carbocycles. The van der Waals surface area contributed by atoms with Crippen molar-refractivity contribution in [1.29, 1.82) is 0 Å². The van der Waals surface area contributed by atoms with Gasteiger partial charge in [-0.25, -0.2) is 4.98 Å². The van der Waals surface area contributed by atoms with Crippen LogP contribution >= 0.6 is 11.6 Å². The Hall–Kier alpha value is -3.48. The summed E-state index contributed by atoms with van der Waals surface area (Å²) in [6.07, 6.45) is 2.68. The number of carbonyl (C=O) groups excluding carboxylic acids is 1. The molecular formula is C29H26ClN3O3. The largest absolute Gasteiger partial charge is 0.388 e. The van der Waals surface area contributed by atoms with E-state index in [1.165, 1.54) is 33.1 Å². The standard InChI is InChI=1S/C29H26ClN3O3/c30-19-9-10-24-26(15-19)31-18-33(28(24)35)17-29(36)11-13-32(14-12-29)27(34)16-25-22-7-3-1-5-20(22)21-6-2-4-8-23(21)25/h1-10,15,18,25,36H,11-14,16-17H2. The summed E-state index contributed by atoms with van der Waals surface area (Å²) in [6, 6.07) is 21.6. The van der Waals surface area contributed by atoms with Gasteiger partial charge in [0.1, 0.15) is 0 Å². The second-order valence-electron chi connectivity index (χ2n) is 9.88. The number of likely N-dealkylation sites (tertiary alicyclic amines) is 1. The average Bonchev–Trinajstić information content (AvgIpc) is 3.20. The van der Waals surface area contributed by atoms with Gasteiger partial charge in [0.25, 0.3) is 5.56 Å². The van der Waals surface area contributed by atoms with Crippen LogP contribution in [-0.4, -0.2) is 44.2 Å². The number of rotatable bonds is 4. The van der Waals surface area contributed by atoms with Crippen LogP contribution in [0.15, 0.2) is 77.9 Å². The molecule has 1 aromatic heterocycles. The first-order valence-electron chi connectivity index (χ1n) is 12.2. The smallest absolute Gasteiger partial charge is 0.261 e. The van der Waals surface area contributed by atoms with Crippen LogP contribution in [0.4, 0.5) is 0 Å². The van der Waals surface area contributed by atoms with Gasteiger partial charge < -0.3 is 10.0 Å². The average molecular weight is 500 g/mol. The zero-order valence-electron chi connectivity index (χ0n) is 19.7. The van der Waals surface area contributed by atoms with Crippen LogP contribution in [0.2, 0.25) is 5.02 Å². The van der Waals surface area contributed by atoms with Gasteiger partial charge in [-0.1, -0.05) is 60.1 Å². The van der Waals surface area contributed by atoms with E-state index in [4.69, 9.17) is 11.6 Å². The number of piperidine rings is 1. The van der Waals surface area contributed by atoms with Crippen molar-refractivity contribution >= 4 is 28.4 Å². The maximum absolute atomic E-state index is 13.3. The van der Waals surface area contributed by atoms with E-state index in [1.807, 2.05) is 29.2 Å². The summed E-state index contributed by atoms with van der Waals surface area (Å²) in [5.74, 6) is 0.136. The Balaban J connectivity index is 1.15. The fourth-order valence-corrected chi connectivity index (χ4v) is 5.84. The van der Waals surface area contributed by atoms with Crippen molar-refractivity contribution in [2.75, 3.05) is 13.1 Å². The molecule has 6 rings (SSSR count). The Labute approximate surface area is 213 Å². The highest BCUT2D eigenvalue weighted by Gasteiger charge is 2.36. The molecule has 1 amide bonds. The van der Waals surface area contributed by atoms with Gasteiger partial charge in [0, 0.05) is 30.5 Å². The van der Waals surface area contributed by atoms with Crippen molar-refractivity contribution in [3.8, 4) is 11.1 Å². The minimum absolute atomic E-state index is 0.0430. The van der Waals surface area contributed by atoms with Crippen LogP contribution < -0.4 is 5.56 Å². The van der Waals surface area contributed by atoms with Crippen molar-refractivity contribution in [2.45, 2.75) is 37.3 Å². The summed E-state index contributed by atoms with van der Waals surface area (Å²) in [5, 5.41) is 12.3. The van der Waals surface area contributed by atoms with Crippen LogP contribution in [0.1, 0.15) is 36.3 Å². The van der Waals surface area contributed by atoms with Gasteiger partial charge >= 0.3 is 0 Å². The van der Waals surface area contributed by atoms with E-state index in [0.717, 1.165) is 0 Å². The predicted octanol–water partition coefficient (Wildman–Crippen LogP) is 4.61. The summed E-state index contributed by atoms with van der Waals surface area (Å²) >= 11 is 6.01. The molecule has 6 nitrogen and oxygen atoms in total. The minimum Gasteiger partial charge on any atom is -0.388 e. The van der Waals surface area contributed by atoms with Crippen LogP contribution in [0.3, 0.4) is 0 Å². The van der Waals surface area contributed by atoms with Gasteiger partial charge in [0.2, 0.25) is 5.91 Å². The molecule has 0 radical (unpaired) electrons. The van der Waals surface area contributed by atoms with Crippen molar-refractivity contribution in [3.63, 3.8) is 0 Å². The number of aromatic nitrogens is 2. The van der Waals surface area contributed by atoms with Gasteiger partial charge in [-0.05, 0) is 53.3 Å². The lowest BCUT2D eigenvalue weighted by Crippen LogP contribution is -2.49. The molecule has 4 aromatic rings. The van der Waals surface area contributed by atoms with E-state index in [2.05, 4.69) is 29.2 Å². The highest BCUT2D eigenvalue weighted by Crippen LogP contribution is 2.46. The van der Waals surface area contributed by atoms with E-state index in [-0.39, 0.29) is 23.9 Å². The van der Waals surface area contributed by atoms with Gasteiger partial charge in [0.15, 0.2) is 0 Å². The summed E-state index contributed by atoms with van der Waals surface area (Å²) < 4.78 is 1.46. The van der Waals surface area contributed by atoms with Crippen molar-refractivity contribution in [2.24, 2.45) is 0 Å². The number of hydrogen-bond donors (Lipinski definition) is 1. The van der Waals surface area contributed by atoms with Crippen LogP contribution in [0.5, 0.6) is 0 Å². The zero-order valence-corrected chi connectivity index (χ0v) is 20.5. The summed E-state index contributed by atoms with van der Waals surface area (Å²) in [6.45, 7) is 1.05. The first-order valence-corrected chi connectivity index (χ1v) is 12.6. The van der Waals surface area contributed by atoms with Crippen LogP contribution in [0.25, 0.3) is 22.0 Å². The highest BCUT2D eigenvalue weighted by molar-refractivity contribution is 6.31. The number of nitrogens with zero attached hydrogens (tertiary/aromatic N) is 3. The quantitative estimate of drug-likeness (QED) is 0.445. The molecule has 2 aliphatic rings. The molecule has 36 heavy (non-hydrogen) atoms. The molecule has 0 atom stereocenters. The molecule has 1 N–H and O–H groups in total. The summed E-state index contributed by atoms with van der Waals surface area (Å²) in [7, 11) is 0. The third kappa shape index (κ3) is 4.00. The molecule has 0 saturated carbocycles. The Morgan fingerprint density at radius 1 is 1.00 bits per heavy atom. The predicted molar refractivity (Wildman–Crippen MR) is 140 cm³/mol. The molecule has 1 saturated heterocycles. The van der Waals surface area contributed by atoms with Crippen LogP contribution in [-0.2, 0) is 11.3 Å². The Morgan fingerprint density at radius 2 is 1.64 bits per heavy atom. The maximum Gasteiger partial charge on any atom is 0.261 e. The number of carbonyl (C=O) groups is 1. The number of benzene rings is 3. The number of aliphatic hydroxyl groups is 1. The van der Waals surface area contributed by atoms with E-state index >= 15 is 0 Å². The molecule has 1 aliphatic carbocycles. The second kappa shape index (κ2) is 8.87. The van der Waals surface area contributed by atoms with Crippen molar-refractivity contribution in [1.82, 2.24) is 14.5 Å². The minimum atomic E-state index is -1.07. The van der Waals surface area contributed by atoms with Gasteiger partial charge in [0.05, 0.1) is 29.4 Å². The lowest BCUT2D eigenvalue weighted by molar-refractivity contribution is -0.136. The molecule has 0 spiro atoms. The number of halogens is 1. The molecular weight excluding hydrogens is 474 g/mol. The van der Waals surface area contributed by atoms with E-state index in [9.17, 15) is 14.7 Å².